The van der Waals surface area contributed by atoms with E-state index in [0.717, 1.165) is 39.0 Å². The molecule has 4 nitrogen and oxygen atoms in total. The Bertz CT molecular complexity index is 1270. The van der Waals surface area contributed by atoms with Gasteiger partial charge in [-0.2, -0.15) is 0 Å². The first-order valence-electron chi connectivity index (χ1n) is 14.8. The Hall–Kier alpha value is -2.69. The van der Waals surface area contributed by atoms with Crippen LogP contribution in [0.4, 0.5) is 0 Å². The Balaban J connectivity index is 1.29. The minimum atomic E-state index is -0.420. The van der Waals surface area contributed by atoms with Gasteiger partial charge in [0.1, 0.15) is 5.54 Å². The van der Waals surface area contributed by atoms with E-state index >= 15 is 0 Å². The van der Waals surface area contributed by atoms with E-state index in [4.69, 9.17) is 0 Å². The van der Waals surface area contributed by atoms with Crippen LogP contribution in [0.3, 0.4) is 0 Å². The van der Waals surface area contributed by atoms with E-state index in [1.165, 1.54) is 28.3 Å². The van der Waals surface area contributed by atoms with E-state index in [9.17, 15) is 4.79 Å². The van der Waals surface area contributed by atoms with Gasteiger partial charge in [0, 0.05) is 38.1 Å². The molecule has 3 saturated heterocycles. The molecule has 38 heavy (non-hydrogen) atoms. The van der Waals surface area contributed by atoms with Crippen molar-refractivity contribution in [3.63, 3.8) is 0 Å². The SMILES string of the molecule is CCN1C[C@@H]2C[C@H]3CN(CC(C)C)[C@@H]([C@@H]2Cc2ccccc2)[C@]31C(=O)NCCc1cccc2ccccc12. The molecule has 4 bridgehead atoms. The molecule has 1 saturated carbocycles. The summed E-state index contributed by atoms with van der Waals surface area (Å²) >= 11 is 0. The minimum Gasteiger partial charge on any atom is -0.354 e. The van der Waals surface area contributed by atoms with Crippen LogP contribution >= 0.6 is 0 Å². The number of likely N-dealkylation sites (N-methyl/N-ethyl adjacent to an activating group) is 1. The number of hydrogen-bond donors (Lipinski definition) is 1. The average Bonchev–Trinajstić information content (AvgIpc) is 3.19. The molecule has 0 unspecified atom stereocenters. The Morgan fingerprint density at radius 1 is 1.00 bits per heavy atom. The minimum absolute atomic E-state index is 0.275. The van der Waals surface area contributed by atoms with Gasteiger partial charge in [0.15, 0.2) is 0 Å². The van der Waals surface area contributed by atoms with Crippen LogP contribution in [0.5, 0.6) is 0 Å². The molecule has 3 aliphatic heterocycles. The number of piperidine rings is 2. The summed E-state index contributed by atoms with van der Waals surface area (Å²) in [6.45, 7) is 11.7. The Morgan fingerprint density at radius 3 is 2.55 bits per heavy atom. The van der Waals surface area contributed by atoms with Crippen molar-refractivity contribution in [3.8, 4) is 0 Å². The first-order chi connectivity index (χ1) is 18.5. The number of carbonyl (C=O) groups excluding carboxylic acids is 1. The Labute approximate surface area is 228 Å². The smallest absolute Gasteiger partial charge is 0.242 e. The first kappa shape index (κ1) is 25.6. The summed E-state index contributed by atoms with van der Waals surface area (Å²) in [6.07, 6.45) is 3.10. The van der Waals surface area contributed by atoms with Gasteiger partial charge in [-0.1, -0.05) is 93.6 Å². The van der Waals surface area contributed by atoms with Gasteiger partial charge < -0.3 is 5.32 Å². The lowest BCUT2D eigenvalue weighted by Crippen LogP contribution is -2.77. The standard InChI is InChI=1S/C34H43N3O/c1-4-37-22-28-20-29-23-36(21-24(2)3)32(31(28)19-25-11-6-5-7-12-25)34(29,37)33(38)35-18-17-27-15-10-14-26-13-8-9-16-30(26)27/h5-16,24,28-29,31-32H,4,17-23H2,1-3H3,(H,35,38)/t28-,29-,31+,32-,34-/m0/s1. The van der Waals surface area contributed by atoms with E-state index in [-0.39, 0.29) is 11.9 Å². The van der Waals surface area contributed by atoms with Crippen molar-refractivity contribution in [1.82, 2.24) is 15.1 Å². The maximum Gasteiger partial charge on any atom is 0.242 e. The van der Waals surface area contributed by atoms with Gasteiger partial charge in [0.25, 0.3) is 0 Å². The molecule has 3 aromatic carbocycles. The Morgan fingerprint density at radius 2 is 1.76 bits per heavy atom. The summed E-state index contributed by atoms with van der Waals surface area (Å²) in [6, 6.07) is 26.3. The molecule has 4 fully saturated rings. The number of hydrogen-bond acceptors (Lipinski definition) is 3. The highest BCUT2D eigenvalue weighted by Crippen LogP contribution is 2.57. The fraction of sp³-hybridized carbons (Fsp3) is 0.500. The van der Waals surface area contributed by atoms with Crippen LogP contribution in [0, 0.1) is 23.7 Å². The van der Waals surface area contributed by atoms with Crippen molar-refractivity contribution in [2.75, 3.05) is 32.7 Å². The summed E-state index contributed by atoms with van der Waals surface area (Å²) in [5, 5.41) is 6.06. The lowest BCUT2D eigenvalue weighted by Gasteiger charge is -2.61. The predicted molar refractivity (Wildman–Crippen MR) is 156 cm³/mol. The van der Waals surface area contributed by atoms with E-state index in [2.05, 4.69) is 109 Å². The third kappa shape index (κ3) is 4.26. The van der Waals surface area contributed by atoms with Crippen molar-refractivity contribution >= 4 is 16.7 Å². The van der Waals surface area contributed by atoms with Gasteiger partial charge in [-0.25, -0.2) is 0 Å². The van der Waals surface area contributed by atoms with Crippen molar-refractivity contribution in [1.29, 1.82) is 0 Å². The summed E-state index contributed by atoms with van der Waals surface area (Å²) in [7, 11) is 0. The van der Waals surface area contributed by atoms with Crippen molar-refractivity contribution in [2.45, 2.75) is 51.6 Å². The van der Waals surface area contributed by atoms with Crippen LogP contribution in [0.15, 0.2) is 72.8 Å². The van der Waals surface area contributed by atoms with Crippen molar-refractivity contribution in [3.05, 3.63) is 83.9 Å². The summed E-state index contributed by atoms with van der Waals surface area (Å²) in [4.78, 5) is 19.8. The number of nitrogens with zero attached hydrogens (tertiary/aromatic N) is 2. The zero-order chi connectivity index (χ0) is 26.3. The van der Waals surface area contributed by atoms with Gasteiger partial charge in [-0.3, -0.25) is 14.6 Å². The lowest BCUT2D eigenvalue weighted by atomic mass is 9.57. The summed E-state index contributed by atoms with van der Waals surface area (Å²) < 4.78 is 0. The summed E-state index contributed by atoms with van der Waals surface area (Å²) in [5.41, 5.74) is 2.30. The molecule has 1 aliphatic carbocycles. The number of amides is 1. The second-order valence-corrected chi connectivity index (χ2v) is 12.3. The van der Waals surface area contributed by atoms with Crippen LogP contribution in [-0.4, -0.2) is 60.0 Å². The monoisotopic (exact) mass is 509 g/mol. The largest absolute Gasteiger partial charge is 0.354 e. The van der Waals surface area contributed by atoms with Crippen molar-refractivity contribution < 1.29 is 4.79 Å². The topological polar surface area (TPSA) is 35.6 Å². The molecule has 0 spiro atoms. The maximum atomic E-state index is 14.5. The van der Waals surface area contributed by atoms with Crippen molar-refractivity contribution in [2.24, 2.45) is 23.7 Å². The highest BCUT2D eigenvalue weighted by atomic mass is 16.2. The van der Waals surface area contributed by atoms with E-state index in [1.54, 1.807) is 0 Å². The molecule has 3 aromatic rings. The molecule has 1 N–H and O–H groups in total. The third-order valence-corrected chi connectivity index (χ3v) is 9.72. The second kappa shape index (κ2) is 10.5. The van der Waals surface area contributed by atoms with Gasteiger partial charge in [0.2, 0.25) is 5.91 Å². The number of likely N-dealkylation sites (tertiary alicyclic amines) is 1. The predicted octanol–water partition coefficient (Wildman–Crippen LogP) is 5.41. The fourth-order valence-electron chi connectivity index (χ4n) is 8.43. The van der Waals surface area contributed by atoms with Crippen LogP contribution in [-0.2, 0) is 17.6 Å². The van der Waals surface area contributed by atoms with Crippen LogP contribution in [0.1, 0.15) is 38.3 Å². The molecule has 7 rings (SSSR count). The quantitative estimate of drug-likeness (QED) is 0.419. The van der Waals surface area contributed by atoms with Gasteiger partial charge in [-0.05, 0) is 65.5 Å². The normalized spacial score (nSPS) is 28.8. The van der Waals surface area contributed by atoms with Gasteiger partial charge in [0.05, 0.1) is 0 Å². The molecule has 1 amide bonds. The molecule has 0 radical (unpaired) electrons. The average molecular weight is 510 g/mol. The molecule has 4 aliphatic rings. The first-order valence-corrected chi connectivity index (χ1v) is 14.8. The molecule has 200 valence electrons. The van der Waals surface area contributed by atoms with Gasteiger partial charge in [-0.15, -0.1) is 0 Å². The number of fused-ring (bicyclic) bond motifs is 2. The van der Waals surface area contributed by atoms with E-state index in [1.807, 2.05) is 0 Å². The highest BCUT2D eigenvalue weighted by molar-refractivity contribution is 5.89. The van der Waals surface area contributed by atoms with Gasteiger partial charge >= 0.3 is 0 Å². The molecular weight excluding hydrogens is 466 g/mol. The highest BCUT2D eigenvalue weighted by Gasteiger charge is 2.70. The maximum absolute atomic E-state index is 14.5. The van der Waals surface area contributed by atoms with Crippen LogP contribution in [0.25, 0.3) is 10.8 Å². The molecule has 4 heteroatoms. The number of carbonyl (C=O) groups is 1. The van der Waals surface area contributed by atoms with E-state index < -0.39 is 5.54 Å². The summed E-state index contributed by atoms with van der Waals surface area (Å²) in [5.74, 6) is 2.45. The van der Waals surface area contributed by atoms with Crippen LogP contribution in [0.2, 0.25) is 0 Å². The number of nitrogens with one attached hydrogen (secondary N) is 1. The molecule has 3 heterocycles. The third-order valence-electron chi connectivity index (χ3n) is 9.72. The molecule has 5 atom stereocenters. The Kier molecular flexibility index (Phi) is 7.05. The molecule has 0 aromatic heterocycles. The lowest BCUT2D eigenvalue weighted by molar-refractivity contribution is -0.159. The zero-order valence-corrected chi connectivity index (χ0v) is 23.3. The van der Waals surface area contributed by atoms with Crippen LogP contribution < -0.4 is 5.32 Å². The zero-order valence-electron chi connectivity index (χ0n) is 23.3. The second-order valence-electron chi connectivity index (χ2n) is 12.3. The molecular formula is C34H43N3O. The fourth-order valence-corrected chi connectivity index (χ4v) is 8.43. The number of rotatable bonds is 9. The van der Waals surface area contributed by atoms with E-state index in [0.29, 0.717) is 30.2 Å². The number of benzene rings is 3.